The van der Waals surface area contributed by atoms with Crippen LogP contribution < -0.4 is 15.5 Å². The summed E-state index contributed by atoms with van der Waals surface area (Å²) in [5.41, 5.74) is 4.84. The summed E-state index contributed by atoms with van der Waals surface area (Å²) in [5, 5.41) is 7.15. The monoisotopic (exact) mass is 341 g/mol. The van der Waals surface area contributed by atoms with E-state index >= 15 is 0 Å². The van der Waals surface area contributed by atoms with E-state index in [9.17, 15) is 0 Å². The van der Waals surface area contributed by atoms with Crippen LogP contribution in [0.1, 0.15) is 30.9 Å². The lowest BCUT2D eigenvalue weighted by atomic mass is 10.0. The number of hydrogen-bond donors (Lipinski definition) is 2. The fourth-order valence-corrected chi connectivity index (χ4v) is 2.61. The topological polar surface area (TPSA) is 27.3 Å². The highest BCUT2D eigenvalue weighted by molar-refractivity contribution is 7.80. The number of benzene rings is 2. The molecule has 128 valence electrons. The summed E-state index contributed by atoms with van der Waals surface area (Å²) < 4.78 is 0. The van der Waals surface area contributed by atoms with Crippen LogP contribution in [0.15, 0.2) is 48.5 Å². The number of nitrogens with one attached hydrogen (secondary N) is 2. The van der Waals surface area contributed by atoms with Gasteiger partial charge in [-0.2, -0.15) is 0 Å². The average molecular weight is 342 g/mol. The molecule has 3 nitrogen and oxygen atoms in total. The number of thiocarbonyl (C=S) groups is 1. The molecule has 2 aromatic rings. The molecule has 0 saturated heterocycles. The van der Waals surface area contributed by atoms with Gasteiger partial charge in [0.1, 0.15) is 0 Å². The van der Waals surface area contributed by atoms with Gasteiger partial charge in [0.25, 0.3) is 0 Å². The Balaban J connectivity index is 1.75. The van der Waals surface area contributed by atoms with E-state index in [-0.39, 0.29) is 0 Å². The van der Waals surface area contributed by atoms with Gasteiger partial charge < -0.3 is 15.5 Å². The summed E-state index contributed by atoms with van der Waals surface area (Å²) >= 11 is 5.37. The van der Waals surface area contributed by atoms with Crippen molar-refractivity contribution >= 4 is 28.7 Å². The molecule has 0 aliphatic carbocycles. The molecule has 2 rings (SSSR count). The molecule has 0 bridgehead atoms. The van der Waals surface area contributed by atoms with E-state index in [1.807, 2.05) is 0 Å². The smallest absolute Gasteiger partial charge is 0.170 e. The van der Waals surface area contributed by atoms with Crippen LogP contribution in [-0.4, -0.2) is 25.2 Å². The van der Waals surface area contributed by atoms with Gasteiger partial charge in [0.2, 0.25) is 0 Å². The van der Waals surface area contributed by atoms with Crippen LogP contribution in [-0.2, 0) is 0 Å². The maximum atomic E-state index is 5.37. The molecule has 0 fully saturated rings. The van der Waals surface area contributed by atoms with Crippen LogP contribution in [0, 0.1) is 6.92 Å². The van der Waals surface area contributed by atoms with Crippen LogP contribution in [0.4, 0.5) is 11.4 Å². The van der Waals surface area contributed by atoms with E-state index in [0.29, 0.717) is 11.0 Å². The third-order valence-corrected chi connectivity index (χ3v) is 4.29. The van der Waals surface area contributed by atoms with Crippen LogP contribution in [0.25, 0.3) is 0 Å². The lowest BCUT2D eigenvalue weighted by molar-refractivity contribution is 0.827. The zero-order valence-corrected chi connectivity index (χ0v) is 15.8. The lowest BCUT2D eigenvalue weighted by Crippen LogP contribution is -2.35. The van der Waals surface area contributed by atoms with Crippen molar-refractivity contribution in [1.82, 2.24) is 5.32 Å². The molecular weight excluding hydrogens is 314 g/mol. The van der Waals surface area contributed by atoms with Crippen molar-refractivity contribution in [3.63, 3.8) is 0 Å². The van der Waals surface area contributed by atoms with Crippen LogP contribution in [0.2, 0.25) is 0 Å². The highest BCUT2D eigenvalue weighted by Crippen LogP contribution is 2.17. The highest BCUT2D eigenvalue weighted by Gasteiger charge is 2.03. The first kappa shape index (κ1) is 18.3. The lowest BCUT2D eigenvalue weighted by Gasteiger charge is -2.20. The summed E-state index contributed by atoms with van der Waals surface area (Å²) in [4.78, 5) is 2.21. The van der Waals surface area contributed by atoms with Gasteiger partial charge in [-0.3, -0.25) is 0 Å². The van der Waals surface area contributed by atoms with E-state index in [1.165, 1.54) is 16.8 Å². The van der Waals surface area contributed by atoms with Crippen molar-refractivity contribution in [2.45, 2.75) is 26.7 Å². The van der Waals surface area contributed by atoms with E-state index in [2.05, 4.69) is 91.9 Å². The Hall–Kier alpha value is -2.07. The van der Waals surface area contributed by atoms with Gasteiger partial charge in [0.05, 0.1) is 0 Å². The SMILES string of the molecule is Cc1ccc(N(C)CCNC(=S)Nc2ccc(C(C)C)cc2)cc1. The summed E-state index contributed by atoms with van der Waals surface area (Å²) in [5.74, 6) is 0.543. The van der Waals surface area contributed by atoms with Gasteiger partial charge in [0, 0.05) is 31.5 Å². The van der Waals surface area contributed by atoms with Crippen molar-refractivity contribution in [2.75, 3.05) is 30.4 Å². The maximum Gasteiger partial charge on any atom is 0.170 e. The third kappa shape index (κ3) is 5.53. The normalized spacial score (nSPS) is 10.5. The fourth-order valence-electron chi connectivity index (χ4n) is 2.39. The second-order valence-corrected chi connectivity index (χ2v) is 6.82. The van der Waals surface area contributed by atoms with Crippen LogP contribution >= 0.6 is 12.2 Å². The second-order valence-electron chi connectivity index (χ2n) is 6.41. The molecule has 0 aromatic heterocycles. The molecule has 0 saturated carbocycles. The minimum Gasteiger partial charge on any atom is -0.373 e. The van der Waals surface area contributed by atoms with Crippen molar-refractivity contribution in [2.24, 2.45) is 0 Å². The van der Waals surface area contributed by atoms with Crippen molar-refractivity contribution < 1.29 is 0 Å². The Labute approximate surface area is 151 Å². The number of rotatable bonds is 6. The Morgan fingerprint density at radius 2 is 1.67 bits per heavy atom. The molecule has 0 aliphatic heterocycles. The standard InChI is InChI=1S/C20H27N3S/c1-15(2)17-7-9-18(10-8-17)22-20(24)21-13-14-23(4)19-11-5-16(3)6-12-19/h5-12,15H,13-14H2,1-4H3,(H2,21,22,24). The minimum absolute atomic E-state index is 0.543. The quantitative estimate of drug-likeness (QED) is 0.754. The fraction of sp³-hybridized carbons (Fsp3) is 0.350. The van der Waals surface area contributed by atoms with Gasteiger partial charge in [-0.15, -0.1) is 0 Å². The van der Waals surface area contributed by atoms with Crippen LogP contribution in [0.5, 0.6) is 0 Å². The molecule has 2 aromatic carbocycles. The molecule has 0 atom stereocenters. The Morgan fingerprint density at radius 3 is 2.25 bits per heavy atom. The zero-order valence-electron chi connectivity index (χ0n) is 15.0. The van der Waals surface area contributed by atoms with Gasteiger partial charge in [-0.1, -0.05) is 43.7 Å². The van der Waals surface area contributed by atoms with E-state index in [1.54, 1.807) is 0 Å². The first-order chi connectivity index (χ1) is 11.5. The molecule has 0 aliphatic rings. The third-order valence-electron chi connectivity index (χ3n) is 4.04. The highest BCUT2D eigenvalue weighted by atomic mass is 32.1. The molecular formula is C20H27N3S. The Kier molecular flexibility index (Phi) is 6.62. The molecule has 0 unspecified atom stereocenters. The number of hydrogen-bond acceptors (Lipinski definition) is 2. The van der Waals surface area contributed by atoms with Gasteiger partial charge in [0.15, 0.2) is 5.11 Å². The van der Waals surface area contributed by atoms with Crippen molar-refractivity contribution in [3.05, 3.63) is 59.7 Å². The van der Waals surface area contributed by atoms with E-state index in [4.69, 9.17) is 12.2 Å². The van der Waals surface area contributed by atoms with Gasteiger partial charge in [-0.25, -0.2) is 0 Å². The van der Waals surface area contributed by atoms with E-state index in [0.717, 1.165) is 18.8 Å². The molecule has 0 spiro atoms. The first-order valence-corrected chi connectivity index (χ1v) is 8.79. The summed E-state index contributed by atoms with van der Waals surface area (Å²) in [7, 11) is 2.09. The zero-order chi connectivity index (χ0) is 17.5. The number of aryl methyl sites for hydroxylation is 1. The summed E-state index contributed by atoms with van der Waals surface area (Å²) in [6.07, 6.45) is 0. The number of likely N-dealkylation sites (N-methyl/N-ethyl adjacent to an activating group) is 1. The predicted octanol–water partition coefficient (Wildman–Crippen LogP) is 4.54. The minimum atomic E-state index is 0.543. The van der Waals surface area contributed by atoms with Crippen molar-refractivity contribution in [3.8, 4) is 0 Å². The largest absolute Gasteiger partial charge is 0.373 e. The predicted molar refractivity (Wildman–Crippen MR) is 109 cm³/mol. The molecule has 24 heavy (non-hydrogen) atoms. The van der Waals surface area contributed by atoms with Gasteiger partial charge >= 0.3 is 0 Å². The van der Waals surface area contributed by atoms with Gasteiger partial charge in [-0.05, 0) is 54.9 Å². The Bertz CT molecular complexity index is 648. The maximum absolute atomic E-state index is 5.37. The van der Waals surface area contributed by atoms with Crippen molar-refractivity contribution in [1.29, 1.82) is 0 Å². The van der Waals surface area contributed by atoms with Crippen LogP contribution in [0.3, 0.4) is 0 Å². The Morgan fingerprint density at radius 1 is 1.04 bits per heavy atom. The molecule has 0 amide bonds. The molecule has 0 radical (unpaired) electrons. The van der Waals surface area contributed by atoms with E-state index < -0.39 is 0 Å². The molecule has 4 heteroatoms. The summed E-state index contributed by atoms with van der Waals surface area (Å²) in [6, 6.07) is 17.0. The summed E-state index contributed by atoms with van der Waals surface area (Å²) in [6.45, 7) is 8.17. The number of nitrogens with zero attached hydrogens (tertiary/aromatic N) is 1. The average Bonchev–Trinajstić information content (AvgIpc) is 2.55. The molecule has 2 N–H and O–H groups in total. The molecule has 0 heterocycles. The first-order valence-electron chi connectivity index (χ1n) is 8.38. The second kappa shape index (κ2) is 8.69. The number of anilines is 2.